The third kappa shape index (κ3) is 6.27. The Morgan fingerprint density at radius 3 is 2.88 bits per heavy atom. The molecule has 0 aliphatic carbocycles. The molecule has 0 saturated carbocycles. The van der Waals surface area contributed by atoms with Crippen LogP contribution in [0.3, 0.4) is 0 Å². The standard InChI is InChI=1S/C10H20N2O3.ClH/c1-14-8-6-11-4-5-12-10(13)9-3-2-7-15-9;/h9,11H,2-8H2,1H3,(H,12,13);1H. The van der Waals surface area contributed by atoms with Crippen molar-refractivity contribution in [3.8, 4) is 0 Å². The molecule has 0 radical (unpaired) electrons. The summed E-state index contributed by atoms with van der Waals surface area (Å²) >= 11 is 0. The molecule has 1 atom stereocenters. The number of carbonyl (C=O) groups excluding carboxylic acids is 1. The van der Waals surface area contributed by atoms with Crippen LogP contribution in [0.1, 0.15) is 12.8 Å². The summed E-state index contributed by atoms with van der Waals surface area (Å²) in [5.41, 5.74) is 0. The highest BCUT2D eigenvalue weighted by Gasteiger charge is 2.22. The Morgan fingerprint density at radius 2 is 2.25 bits per heavy atom. The SMILES string of the molecule is COCCNCCNC(=O)C1CCCO1.Cl. The van der Waals surface area contributed by atoms with E-state index in [9.17, 15) is 4.79 Å². The molecule has 1 unspecified atom stereocenters. The molecule has 0 spiro atoms. The molecule has 0 bridgehead atoms. The summed E-state index contributed by atoms with van der Waals surface area (Å²) in [4.78, 5) is 11.4. The monoisotopic (exact) mass is 252 g/mol. The van der Waals surface area contributed by atoms with Gasteiger partial charge in [-0.15, -0.1) is 12.4 Å². The normalized spacial score (nSPS) is 19.2. The van der Waals surface area contributed by atoms with Crippen molar-refractivity contribution in [3.63, 3.8) is 0 Å². The third-order valence-corrected chi connectivity index (χ3v) is 2.31. The first-order chi connectivity index (χ1) is 7.34. The Labute approximate surface area is 103 Å². The van der Waals surface area contributed by atoms with E-state index in [1.165, 1.54) is 0 Å². The first kappa shape index (κ1) is 15.6. The number of methoxy groups -OCH3 is 1. The van der Waals surface area contributed by atoms with Crippen molar-refractivity contribution in [2.75, 3.05) is 40.0 Å². The molecule has 2 N–H and O–H groups in total. The lowest BCUT2D eigenvalue weighted by molar-refractivity contribution is -0.129. The van der Waals surface area contributed by atoms with Crippen molar-refractivity contribution in [3.05, 3.63) is 0 Å². The number of amides is 1. The number of rotatable bonds is 7. The molecule has 6 heteroatoms. The molecule has 96 valence electrons. The quantitative estimate of drug-likeness (QED) is 0.624. The molecule has 5 nitrogen and oxygen atoms in total. The van der Waals surface area contributed by atoms with E-state index in [4.69, 9.17) is 9.47 Å². The first-order valence-electron chi connectivity index (χ1n) is 5.43. The molecular weight excluding hydrogens is 232 g/mol. The molecule has 1 aliphatic rings. The molecule has 1 amide bonds. The smallest absolute Gasteiger partial charge is 0.249 e. The number of halogens is 1. The predicted octanol–water partition coefficient (Wildman–Crippen LogP) is -0.0606. The van der Waals surface area contributed by atoms with Crippen molar-refractivity contribution >= 4 is 18.3 Å². The maximum atomic E-state index is 11.4. The lowest BCUT2D eigenvalue weighted by atomic mass is 10.2. The molecule has 1 rings (SSSR count). The Kier molecular flexibility index (Phi) is 9.62. The molecule has 0 aromatic rings. The van der Waals surface area contributed by atoms with E-state index in [2.05, 4.69) is 10.6 Å². The van der Waals surface area contributed by atoms with Crippen LogP contribution in [0.2, 0.25) is 0 Å². The lowest BCUT2D eigenvalue weighted by Gasteiger charge is -2.10. The fourth-order valence-corrected chi connectivity index (χ4v) is 1.47. The van der Waals surface area contributed by atoms with Gasteiger partial charge in [0, 0.05) is 33.4 Å². The van der Waals surface area contributed by atoms with E-state index in [1.807, 2.05) is 0 Å². The van der Waals surface area contributed by atoms with Crippen LogP contribution in [0.15, 0.2) is 0 Å². The summed E-state index contributed by atoms with van der Waals surface area (Å²) in [5.74, 6) is 0.0149. The van der Waals surface area contributed by atoms with Crippen molar-refractivity contribution in [2.45, 2.75) is 18.9 Å². The van der Waals surface area contributed by atoms with Crippen molar-refractivity contribution in [1.82, 2.24) is 10.6 Å². The predicted molar refractivity (Wildman–Crippen MR) is 64.0 cm³/mol. The Hall–Kier alpha value is -0.360. The van der Waals surface area contributed by atoms with Crippen molar-refractivity contribution < 1.29 is 14.3 Å². The molecule has 1 heterocycles. The molecule has 16 heavy (non-hydrogen) atoms. The maximum Gasteiger partial charge on any atom is 0.249 e. The van der Waals surface area contributed by atoms with Gasteiger partial charge in [-0.1, -0.05) is 0 Å². The number of hydrogen-bond donors (Lipinski definition) is 2. The number of nitrogens with one attached hydrogen (secondary N) is 2. The lowest BCUT2D eigenvalue weighted by Crippen LogP contribution is -2.38. The Morgan fingerprint density at radius 1 is 1.44 bits per heavy atom. The zero-order chi connectivity index (χ0) is 10.9. The van der Waals surface area contributed by atoms with E-state index < -0.39 is 0 Å². The van der Waals surface area contributed by atoms with Gasteiger partial charge in [-0.2, -0.15) is 0 Å². The van der Waals surface area contributed by atoms with Gasteiger partial charge < -0.3 is 20.1 Å². The van der Waals surface area contributed by atoms with Crippen LogP contribution in [-0.4, -0.2) is 52.0 Å². The second kappa shape index (κ2) is 9.84. The second-order valence-electron chi connectivity index (χ2n) is 3.54. The highest BCUT2D eigenvalue weighted by atomic mass is 35.5. The number of carbonyl (C=O) groups is 1. The van der Waals surface area contributed by atoms with Crippen LogP contribution in [0.25, 0.3) is 0 Å². The van der Waals surface area contributed by atoms with Gasteiger partial charge in [0.25, 0.3) is 0 Å². The summed E-state index contributed by atoms with van der Waals surface area (Å²) in [6, 6.07) is 0. The van der Waals surface area contributed by atoms with Gasteiger partial charge in [-0.05, 0) is 12.8 Å². The first-order valence-corrected chi connectivity index (χ1v) is 5.43. The highest BCUT2D eigenvalue weighted by molar-refractivity contribution is 5.85. The van der Waals surface area contributed by atoms with Crippen molar-refractivity contribution in [1.29, 1.82) is 0 Å². The minimum absolute atomic E-state index is 0. The number of ether oxygens (including phenoxy) is 2. The van der Waals surface area contributed by atoms with Gasteiger partial charge in [0.2, 0.25) is 5.91 Å². The molecular formula is C10H21ClN2O3. The van der Waals surface area contributed by atoms with Crippen LogP contribution in [0, 0.1) is 0 Å². The van der Waals surface area contributed by atoms with Gasteiger partial charge in [-0.25, -0.2) is 0 Å². The minimum atomic E-state index is -0.219. The van der Waals surface area contributed by atoms with Crippen LogP contribution in [0.4, 0.5) is 0 Å². The van der Waals surface area contributed by atoms with Crippen LogP contribution in [-0.2, 0) is 14.3 Å². The fraction of sp³-hybridized carbons (Fsp3) is 0.900. The zero-order valence-electron chi connectivity index (χ0n) is 9.66. The Bertz CT molecular complexity index is 187. The highest BCUT2D eigenvalue weighted by Crippen LogP contribution is 2.11. The van der Waals surface area contributed by atoms with Gasteiger partial charge in [0.1, 0.15) is 6.10 Å². The molecule has 0 aromatic carbocycles. The minimum Gasteiger partial charge on any atom is -0.383 e. The van der Waals surface area contributed by atoms with E-state index in [0.717, 1.165) is 25.9 Å². The summed E-state index contributed by atoms with van der Waals surface area (Å²) in [7, 11) is 1.67. The molecule has 1 fully saturated rings. The van der Waals surface area contributed by atoms with Crippen LogP contribution in [0.5, 0.6) is 0 Å². The molecule has 1 aliphatic heterocycles. The Balaban J connectivity index is 0.00000225. The fourth-order valence-electron chi connectivity index (χ4n) is 1.47. The van der Waals surface area contributed by atoms with E-state index in [1.54, 1.807) is 7.11 Å². The zero-order valence-corrected chi connectivity index (χ0v) is 10.5. The summed E-state index contributed by atoms with van der Waals surface area (Å²) in [6.07, 6.45) is 1.62. The maximum absolute atomic E-state index is 11.4. The van der Waals surface area contributed by atoms with Gasteiger partial charge >= 0.3 is 0 Å². The summed E-state index contributed by atoms with van der Waals surface area (Å²) in [5, 5.41) is 5.99. The molecule has 1 saturated heterocycles. The van der Waals surface area contributed by atoms with Gasteiger partial charge in [0.05, 0.1) is 6.61 Å². The van der Waals surface area contributed by atoms with E-state index in [0.29, 0.717) is 19.8 Å². The van der Waals surface area contributed by atoms with Gasteiger partial charge in [-0.3, -0.25) is 4.79 Å². The summed E-state index contributed by atoms with van der Waals surface area (Å²) in [6.45, 7) is 3.63. The average Bonchev–Trinajstić information content (AvgIpc) is 2.76. The summed E-state index contributed by atoms with van der Waals surface area (Å²) < 4.78 is 10.1. The molecule has 0 aromatic heterocycles. The van der Waals surface area contributed by atoms with Crippen molar-refractivity contribution in [2.24, 2.45) is 0 Å². The largest absolute Gasteiger partial charge is 0.383 e. The topological polar surface area (TPSA) is 59.6 Å². The van der Waals surface area contributed by atoms with Crippen LogP contribution >= 0.6 is 12.4 Å². The van der Waals surface area contributed by atoms with Crippen LogP contribution < -0.4 is 10.6 Å². The van der Waals surface area contributed by atoms with E-state index >= 15 is 0 Å². The second-order valence-corrected chi connectivity index (χ2v) is 3.54. The number of hydrogen-bond acceptors (Lipinski definition) is 4. The average molecular weight is 253 g/mol. The van der Waals surface area contributed by atoms with E-state index in [-0.39, 0.29) is 24.4 Å². The third-order valence-electron chi connectivity index (χ3n) is 2.31. The van der Waals surface area contributed by atoms with Gasteiger partial charge in [0.15, 0.2) is 0 Å².